The van der Waals surface area contributed by atoms with E-state index in [1.165, 1.54) is 10.9 Å². The van der Waals surface area contributed by atoms with Gasteiger partial charge in [0.1, 0.15) is 0 Å². The third kappa shape index (κ3) is 1.73. The largest absolute Gasteiger partial charge is 0.373 e. The molecule has 1 atom stereocenters. The summed E-state index contributed by atoms with van der Waals surface area (Å²) in [6, 6.07) is 12.4. The maximum absolute atomic E-state index is 6.36. The van der Waals surface area contributed by atoms with E-state index in [0.717, 1.165) is 23.4 Å². The van der Waals surface area contributed by atoms with Gasteiger partial charge in [0, 0.05) is 11.8 Å². The third-order valence-electron chi connectivity index (χ3n) is 2.79. The summed E-state index contributed by atoms with van der Waals surface area (Å²) in [5.41, 5.74) is 1.19. The lowest BCUT2D eigenvalue weighted by molar-refractivity contribution is 0.407. The number of ether oxygens (including phenoxy) is 1. The van der Waals surface area contributed by atoms with E-state index in [1.54, 1.807) is 0 Å². The fourth-order valence-electron chi connectivity index (χ4n) is 1.87. The summed E-state index contributed by atoms with van der Waals surface area (Å²) in [4.78, 5) is 0. The van der Waals surface area contributed by atoms with Crippen molar-refractivity contribution in [2.75, 3.05) is 6.61 Å². The minimum Gasteiger partial charge on any atom is -0.373 e. The topological polar surface area (TPSA) is 12.5 Å². The second-order valence-electron chi connectivity index (χ2n) is 3.92. The molecule has 1 saturated heterocycles. The van der Waals surface area contributed by atoms with Gasteiger partial charge in [0.2, 0.25) is 0 Å². The molecule has 0 aromatic heterocycles. The van der Waals surface area contributed by atoms with Crippen LogP contribution in [-0.4, -0.2) is 12.7 Å². The molecule has 2 aromatic carbocycles. The van der Waals surface area contributed by atoms with E-state index in [4.69, 9.17) is 16.3 Å². The molecule has 2 aromatic rings. The average Bonchev–Trinajstić information content (AvgIpc) is 3.07. The van der Waals surface area contributed by atoms with Crippen molar-refractivity contribution >= 4 is 22.4 Å². The molecule has 1 unspecified atom stereocenters. The molecule has 0 bridgehead atoms. The van der Waals surface area contributed by atoms with Gasteiger partial charge in [-0.2, -0.15) is 0 Å². The lowest BCUT2D eigenvalue weighted by Gasteiger charge is -2.06. The average molecular weight is 219 g/mol. The van der Waals surface area contributed by atoms with Gasteiger partial charge in [-0.3, -0.25) is 0 Å². The molecule has 0 N–H and O–H groups in total. The quantitative estimate of drug-likeness (QED) is 0.704. The number of hydrogen-bond acceptors (Lipinski definition) is 1. The lowest BCUT2D eigenvalue weighted by Crippen LogP contribution is -1.94. The van der Waals surface area contributed by atoms with Crippen molar-refractivity contribution < 1.29 is 4.74 Å². The summed E-state index contributed by atoms with van der Waals surface area (Å²) < 4.78 is 5.22. The molecule has 1 heterocycles. The van der Waals surface area contributed by atoms with Crippen LogP contribution in [0.3, 0.4) is 0 Å². The van der Waals surface area contributed by atoms with E-state index >= 15 is 0 Å². The molecule has 15 heavy (non-hydrogen) atoms. The van der Waals surface area contributed by atoms with Crippen LogP contribution in [0.2, 0.25) is 5.02 Å². The zero-order valence-electron chi connectivity index (χ0n) is 8.24. The van der Waals surface area contributed by atoms with Gasteiger partial charge < -0.3 is 4.74 Å². The Kier molecular flexibility index (Phi) is 2.15. The number of fused-ring (bicyclic) bond motifs is 1. The normalized spacial score (nSPS) is 19.4. The molecule has 3 rings (SSSR count). The van der Waals surface area contributed by atoms with E-state index in [9.17, 15) is 0 Å². The van der Waals surface area contributed by atoms with Crippen LogP contribution in [-0.2, 0) is 11.2 Å². The Hall–Kier alpha value is -1.05. The molecule has 0 radical (unpaired) electrons. The summed E-state index contributed by atoms with van der Waals surface area (Å²) >= 11 is 6.36. The van der Waals surface area contributed by atoms with Crippen molar-refractivity contribution in [3.63, 3.8) is 0 Å². The molecular weight excluding hydrogens is 208 g/mol. The SMILES string of the molecule is Clc1c(CC2CO2)ccc2ccccc12. The number of rotatable bonds is 2. The summed E-state index contributed by atoms with van der Waals surface area (Å²) in [5, 5.41) is 3.21. The molecule has 0 spiro atoms. The highest BCUT2D eigenvalue weighted by Gasteiger charge is 2.23. The van der Waals surface area contributed by atoms with Crippen LogP contribution in [0.15, 0.2) is 36.4 Å². The van der Waals surface area contributed by atoms with Crippen LogP contribution in [0, 0.1) is 0 Å². The van der Waals surface area contributed by atoms with Gasteiger partial charge in [0.25, 0.3) is 0 Å². The molecule has 0 amide bonds. The Labute approximate surface area is 93.6 Å². The second kappa shape index (κ2) is 3.51. The number of epoxide rings is 1. The van der Waals surface area contributed by atoms with Crippen molar-refractivity contribution in [2.45, 2.75) is 12.5 Å². The zero-order chi connectivity index (χ0) is 10.3. The van der Waals surface area contributed by atoms with Gasteiger partial charge in [-0.05, 0) is 10.9 Å². The fourth-order valence-corrected chi connectivity index (χ4v) is 2.18. The molecular formula is C13H11ClO. The van der Waals surface area contributed by atoms with Gasteiger partial charge in [-0.1, -0.05) is 48.0 Å². The Morgan fingerprint density at radius 2 is 2.00 bits per heavy atom. The van der Waals surface area contributed by atoms with E-state index in [2.05, 4.69) is 24.3 Å². The first-order chi connectivity index (χ1) is 7.34. The van der Waals surface area contributed by atoms with Crippen LogP contribution in [0.5, 0.6) is 0 Å². The summed E-state index contributed by atoms with van der Waals surface area (Å²) in [6.45, 7) is 0.878. The highest BCUT2D eigenvalue weighted by atomic mass is 35.5. The Morgan fingerprint density at radius 1 is 1.20 bits per heavy atom. The molecule has 0 saturated carbocycles. The minimum atomic E-state index is 0.392. The summed E-state index contributed by atoms with van der Waals surface area (Å²) in [6.07, 6.45) is 1.33. The molecule has 1 aliphatic heterocycles. The Bertz CT molecular complexity index is 503. The van der Waals surface area contributed by atoms with Gasteiger partial charge in [0.15, 0.2) is 0 Å². The van der Waals surface area contributed by atoms with Crippen LogP contribution < -0.4 is 0 Å². The van der Waals surface area contributed by atoms with Crippen LogP contribution in [0.1, 0.15) is 5.56 Å². The van der Waals surface area contributed by atoms with Gasteiger partial charge in [0.05, 0.1) is 17.7 Å². The van der Waals surface area contributed by atoms with Crippen LogP contribution in [0.4, 0.5) is 0 Å². The molecule has 0 aliphatic carbocycles. The molecule has 2 heteroatoms. The fraction of sp³-hybridized carbons (Fsp3) is 0.231. The maximum atomic E-state index is 6.36. The third-order valence-corrected chi connectivity index (χ3v) is 3.24. The van der Waals surface area contributed by atoms with Crippen LogP contribution >= 0.6 is 11.6 Å². The van der Waals surface area contributed by atoms with Crippen molar-refractivity contribution in [1.29, 1.82) is 0 Å². The number of benzene rings is 2. The first-order valence-corrected chi connectivity index (χ1v) is 5.50. The summed E-state index contributed by atoms with van der Waals surface area (Å²) in [5.74, 6) is 0. The van der Waals surface area contributed by atoms with Gasteiger partial charge in [-0.25, -0.2) is 0 Å². The Morgan fingerprint density at radius 3 is 2.80 bits per heavy atom. The lowest BCUT2D eigenvalue weighted by atomic mass is 10.0. The van der Waals surface area contributed by atoms with Gasteiger partial charge in [-0.15, -0.1) is 0 Å². The highest BCUT2D eigenvalue weighted by molar-refractivity contribution is 6.36. The van der Waals surface area contributed by atoms with Crippen molar-refractivity contribution in [2.24, 2.45) is 0 Å². The maximum Gasteiger partial charge on any atom is 0.0850 e. The minimum absolute atomic E-state index is 0.392. The van der Waals surface area contributed by atoms with Crippen molar-refractivity contribution in [3.8, 4) is 0 Å². The zero-order valence-corrected chi connectivity index (χ0v) is 9.00. The predicted molar refractivity (Wildman–Crippen MR) is 62.4 cm³/mol. The standard InChI is InChI=1S/C13H11ClO/c14-13-10(7-11-8-15-11)6-5-9-3-1-2-4-12(9)13/h1-6,11H,7-8H2. The summed E-state index contributed by atoms with van der Waals surface area (Å²) in [7, 11) is 0. The van der Waals surface area contributed by atoms with Crippen molar-refractivity contribution in [1.82, 2.24) is 0 Å². The predicted octanol–water partition coefficient (Wildman–Crippen LogP) is 3.43. The first kappa shape index (κ1) is 9.20. The second-order valence-corrected chi connectivity index (χ2v) is 4.30. The molecule has 76 valence electrons. The van der Waals surface area contributed by atoms with E-state index in [0.29, 0.717) is 6.10 Å². The highest BCUT2D eigenvalue weighted by Crippen LogP contribution is 2.29. The Balaban J connectivity index is 2.11. The first-order valence-electron chi connectivity index (χ1n) is 5.12. The molecule has 1 nitrogen and oxygen atoms in total. The van der Waals surface area contributed by atoms with Crippen molar-refractivity contribution in [3.05, 3.63) is 47.0 Å². The molecule has 1 aliphatic rings. The van der Waals surface area contributed by atoms with E-state index < -0.39 is 0 Å². The van der Waals surface area contributed by atoms with E-state index in [-0.39, 0.29) is 0 Å². The van der Waals surface area contributed by atoms with Crippen LogP contribution in [0.25, 0.3) is 10.8 Å². The number of hydrogen-bond donors (Lipinski definition) is 0. The van der Waals surface area contributed by atoms with E-state index in [1.807, 2.05) is 12.1 Å². The monoisotopic (exact) mass is 218 g/mol. The number of halogens is 1. The van der Waals surface area contributed by atoms with Gasteiger partial charge >= 0.3 is 0 Å². The smallest absolute Gasteiger partial charge is 0.0850 e. The molecule has 1 fully saturated rings.